The molecule has 19 heavy (non-hydrogen) atoms. The third-order valence-electron chi connectivity index (χ3n) is 3.58. The molecule has 104 valence electrons. The summed E-state index contributed by atoms with van der Waals surface area (Å²) in [6, 6.07) is 4.17. The van der Waals surface area contributed by atoms with Gasteiger partial charge in [0, 0.05) is 5.69 Å². The summed E-state index contributed by atoms with van der Waals surface area (Å²) in [5, 5.41) is 12.6. The Bertz CT molecular complexity index is 488. The van der Waals surface area contributed by atoms with Gasteiger partial charge in [0.1, 0.15) is 11.4 Å². The smallest absolute Gasteiger partial charge is 0.243 e. The fourth-order valence-electron chi connectivity index (χ4n) is 2.38. The average molecular weight is 287 g/mol. The number of benzene rings is 1. The number of anilines is 1. The lowest BCUT2D eigenvalue weighted by molar-refractivity contribution is -0.123. The van der Waals surface area contributed by atoms with Crippen LogP contribution < -0.4 is 11.1 Å². The first-order valence-electron chi connectivity index (χ1n) is 6.14. The Hall–Kier alpha value is -1.33. The van der Waals surface area contributed by atoms with E-state index in [4.69, 9.17) is 17.3 Å². The molecule has 0 radical (unpaired) electrons. The zero-order chi connectivity index (χ0) is 14.0. The van der Waals surface area contributed by atoms with Crippen LogP contribution in [0.5, 0.6) is 0 Å². The highest BCUT2D eigenvalue weighted by Crippen LogP contribution is 2.32. The van der Waals surface area contributed by atoms with Crippen molar-refractivity contribution in [3.63, 3.8) is 0 Å². The summed E-state index contributed by atoms with van der Waals surface area (Å²) < 4.78 is 13.1. The number of carbonyl (C=O) groups excluding carboxylic acids is 1. The normalized spacial score (nSPS) is 27.0. The van der Waals surface area contributed by atoms with Gasteiger partial charge in [-0.1, -0.05) is 11.6 Å². The van der Waals surface area contributed by atoms with Crippen molar-refractivity contribution in [1.29, 1.82) is 0 Å². The van der Waals surface area contributed by atoms with E-state index in [1.54, 1.807) is 0 Å². The van der Waals surface area contributed by atoms with Crippen molar-refractivity contribution < 1.29 is 14.3 Å². The first kappa shape index (κ1) is 14.1. The molecule has 0 bridgehead atoms. The van der Waals surface area contributed by atoms with Crippen molar-refractivity contribution >= 4 is 23.2 Å². The second kappa shape index (κ2) is 5.35. The van der Waals surface area contributed by atoms with Gasteiger partial charge < -0.3 is 16.2 Å². The molecule has 0 aromatic heterocycles. The Morgan fingerprint density at radius 1 is 1.47 bits per heavy atom. The van der Waals surface area contributed by atoms with Gasteiger partial charge in [0.2, 0.25) is 5.91 Å². The van der Waals surface area contributed by atoms with Crippen molar-refractivity contribution in [2.75, 3.05) is 5.32 Å². The number of aliphatic hydroxyl groups is 1. The van der Waals surface area contributed by atoms with E-state index in [1.807, 2.05) is 0 Å². The highest BCUT2D eigenvalue weighted by molar-refractivity contribution is 6.31. The fourth-order valence-corrected chi connectivity index (χ4v) is 2.56. The molecule has 4 N–H and O–H groups in total. The minimum atomic E-state index is -0.902. The number of nitrogens with one attached hydrogen (secondary N) is 1. The van der Waals surface area contributed by atoms with Gasteiger partial charge in [0.25, 0.3) is 0 Å². The summed E-state index contributed by atoms with van der Waals surface area (Å²) in [4.78, 5) is 11.7. The van der Waals surface area contributed by atoms with E-state index in [0.717, 1.165) is 0 Å². The van der Waals surface area contributed by atoms with E-state index in [2.05, 4.69) is 5.32 Å². The predicted octanol–water partition coefficient (Wildman–Crippen LogP) is 2.05. The minimum absolute atomic E-state index is 0.0135. The average Bonchev–Trinajstić information content (AvgIpc) is 2.37. The largest absolute Gasteiger partial charge is 0.393 e. The lowest BCUT2D eigenvalue weighted by Gasteiger charge is -2.37. The predicted molar refractivity (Wildman–Crippen MR) is 71.4 cm³/mol. The molecule has 0 spiro atoms. The van der Waals surface area contributed by atoms with Crippen molar-refractivity contribution in [3.8, 4) is 0 Å². The summed E-state index contributed by atoms with van der Waals surface area (Å²) in [7, 11) is 0. The summed E-state index contributed by atoms with van der Waals surface area (Å²) in [6.07, 6.45) is 1.50. The Labute approximate surface area is 115 Å². The molecule has 1 aromatic carbocycles. The molecule has 1 aliphatic carbocycles. The van der Waals surface area contributed by atoms with Gasteiger partial charge in [0.15, 0.2) is 0 Å². The lowest BCUT2D eigenvalue weighted by Crippen LogP contribution is -2.53. The Morgan fingerprint density at radius 2 is 2.11 bits per heavy atom. The lowest BCUT2D eigenvalue weighted by atomic mass is 9.79. The number of nitrogens with two attached hydrogens (primary N) is 1. The molecule has 0 saturated heterocycles. The minimum Gasteiger partial charge on any atom is -0.393 e. The van der Waals surface area contributed by atoms with Crippen molar-refractivity contribution in [2.24, 2.45) is 5.73 Å². The molecule has 0 heterocycles. The number of hydrogen-bond acceptors (Lipinski definition) is 3. The second-order valence-electron chi connectivity index (χ2n) is 4.93. The molecule has 2 rings (SSSR count). The van der Waals surface area contributed by atoms with Crippen LogP contribution in [0.15, 0.2) is 18.2 Å². The zero-order valence-electron chi connectivity index (χ0n) is 10.3. The van der Waals surface area contributed by atoms with Crippen LogP contribution >= 0.6 is 11.6 Å². The van der Waals surface area contributed by atoms with Gasteiger partial charge in [-0.2, -0.15) is 0 Å². The quantitative estimate of drug-likeness (QED) is 0.796. The highest BCUT2D eigenvalue weighted by atomic mass is 35.5. The van der Waals surface area contributed by atoms with E-state index in [1.165, 1.54) is 18.2 Å². The Morgan fingerprint density at radius 3 is 2.63 bits per heavy atom. The van der Waals surface area contributed by atoms with Crippen molar-refractivity contribution in [2.45, 2.75) is 37.3 Å². The Balaban J connectivity index is 2.21. The van der Waals surface area contributed by atoms with Crippen LogP contribution in [0.4, 0.5) is 10.1 Å². The van der Waals surface area contributed by atoms with Crippen LogP contribution in [-0.4, -0.2) is 22.7 Å². The molecule has 0 aliphatic heterocycles. The summed E-state index contributed by atoms with van der Waals surface area (Å²) in [5.74, 6) is -0.987. The highest BCUT2D eigenvalue weighted by Gasteiger charge is 2.40. The monoisotopic (exact) mass is 286 g/mol. The van der Waals surface area contributed by atoms with Crippen molar-refractivity contribution in [1.82, 2.24) is 0 Å². The number of amides is 1. The molecule has 0 atom stereocenters. The van der Waals surface area contributed by atoms with Gasteiger partial charge in [-0.15, -0.1) is 0 Å². The molecule has 1 fully saturated rings. The SMILES string of the molecule is NC(=O)C1(Nc2ccc(F)c(Cl)c2)CCC(O)CC1. The van der Waals surface area contributed by atoms with Crippen LogP contribution in [0.2, 0.25) is 5.02 Å². The standard InChI is InChI=1S/C13H16ClFN2O2/c14-10-7-8(1-2-11(10)15)17-13(12(16)19)5-3-9(18)4-6-13/h1-2,7,9,17-18H,3-6H2,(H2,16,19). The van der Waals surface area contributed by atoms with Crippen LogP contribution in [0.25, 0.3) is 0 Å². The van der Waals surface area contributed by atoms with E-state index in [0.29, 0.717) is 31.4 Å². The maximum absolute atomic E-state index is 13.1. The molecular weight excluding hydrogens is 271 g/mol. The van der Waals surface area contributed by atoms with E-state index in [9.17, 15) is 14.3 Å². The van der Waals surface area contributed by atoms with Crippen molar-refractivity contribution in [3.05, 3.63) is 29.0 Å². The maximum atomic E-state index is 13.1. The molecule has 1 amide bonds. The van der Waals surface area contributed by atoms with Gasteiger partial charge in [0.05, 0.1) is 11.1 Å². The van der Waals surface area contributed by atoms with E-state index in [-0.39, 0.29) is 5.02 Å². The summed E-state index contributed by atoms with van der Waals surface area (Å²) in [6.45, 7) is 0. The fraction of sp³-hybridized carbons (Fsp3) is 0.462. The molecule has 1 aliphatic rings. The molecule has 6 heteroatoms. The van der Waals surface area contributed by atoms with E-state index >= 15 is 0 Å². The van der Waals surface area contributed by atoms with Gasteiger partial charge in [-0.05, 0) is 43.9 Å². The molecular formula is C13H16ClFN2O2. The summed E-state index contributed by atoms with van der Waals surface area (Å²) in [5.41, 5.74) is 5.11. The third-order valence-corrected chi connectivity index (χ3v) is 3.87. The number of carbonyl (C=O) groups is 1. The number of aliphatic hydroxyl groups excluding tert-OH is 1. The first-order chi connectivity index (χ1) is 8.93. The van der Waals surface area contributed by atoms with Gasteiger partial charge in [-0.25, -0.2) is 4.39 Å². The number of halogens is 2. The number of hydrogen-bond donors (Lipinski definition) is 3. The van der Waals surface area contributed by atoms with Gasteiger partial charge in [-0.3, -0.25) is 4.79 Å². The third kappa shape index (κ3) is 2.98. The van der Waals surface area contributed by atoms with Crippen LogP contribution in [-0.2, 0) is 4.79 Å². The zero-order valence-corrected chi connectivity index (χ0v) is 11.1. The molecule has 0 unspecified atom stereocenters. The van der Waals surface area contributed by atoms with Crippen LogP contribution in [0, 0.1) is 5.82 Å². The Kier molecular flexibility index (Phi) is 3.96. The van der Waals surface area contributed by atoms with Crippen LogP contribution in [0.1, 0.15) is 25.7 Å². The van der Waals surface area contributed by atoms with Gasteiger partial charge >= 0.3 is 0 Å². The molecule has 1 aromatic rings. The van der Waals surface area contributed by atoms with E-state index < -0.39 is 23.4 Å². The number of primary amides is 1. The maximum Gasteiger partial charge on any atom is 0.243 e. The summed E-state index contributed by atoms with van der Waals surface area (Å²) >= 11 is 5.71. The number of rotatable bonds is 3. The second-order valence-corrected chi connectivity index (χ2v) is 5.34. The first-order valence-corrected chi connectivity index (χ1v) is 6.52. The molecule has 4 nitrogen and oxygen atoms in total. The molecule has 1 saturated carbocycles. The topological polar surface area (TPSA) is 75.4 Å². The van der Waals surface area contributed by atoms with Crippen LogP contribution in [0.3, 0.4) is 0 Å².